The van der Waals surface area contributed by atoms with Crippen LogP contribution in [0, 0.1) is 41.5 Å². The summed E-state index contributed by atoms with van der Waals surface area (Å²) in [5, 5.41) is 11.5. The lowest BCUT2D eigenvalue weighted by Gasteiger charge is -2.10. The Labute approximate surface area is 270 Å². The van der Waals surface area contributed by atoms with E-state index in [0.29, 0.717) is 17.8 Å². The number of fused-ring (bicyclic) bond motifs is 3. The molecule has 0 amide bonds. The highest BCUT2D eigenvalue weighted by Gasteiger charge is 2.12. The van der Waals surface area contributed by atoms with Gasteiger partial charge in [-0.15, -0.1) is 0 Å². The van der Waals surface area contributed by atoms with Gasteiger partial charge < -0.3 is 4.57 Å². The van der Waals surface area contributed by atoms with Crippen LogP contribution in [0.2, 0.25) is 0 Å². The number of hydrogen-bond acceptors (Lipinski definition) is 3. The summed E-state index contributed by atoms with van der Waals surface area (Å²) in [7, 11) is 6.08. The molecular formula is C39H54N6. The maximum Gasteiger partial charge on any atom is 0.106 e. The third-order valence-electron chi connectivity index (χ3n) is 9.30. The van der Waals surface area contributed by atoms with E-state index in [9.17, 15) is 0 Å². The van der Waals surface area contributed by atoms with Gasteiger partial charge >= 0.3 is 0 Å². The van der Waals surface area contributed by atoms with Crippen LogP contribution in [0.25, 0.3) is 32.8 Å². The van der Waals surface area contributed by atoms with E-state index in [2.05, 4.69) is 139 Å². The topological polar surface area (TPSA) is 53.5 Å². The standard InChI is InChI=1S/3C13H18N2/c1-8(2)11-7-12-13(6-9(11)3)15(5)10(4)14-12;1-8(2)11-7-13-12(6-9(11)3)10(4)15(5)14-13;1-8(2)11-7-13-12(6-9(11)3)10(4)14-15(13)5/h3*6-8H,1-5H3. The SMILES string of the molecule is Cc1cc2c(C)n(C)nc2cc1C(C)C.Cc1cc2c(C)nn(C)c2cc1C(C)C.Cc1cc2c(cc1C(C)C)nc(C)n2C. The molecule has 45 heavy (non-hydrogen) atoms. The lowest BCUT2D eigenvalue weighted by molar-refractivity contribution is 0.750. The van der Waals surface area contributed by atoms with Gasteiger partial charge in [-0.05, 0) is 129 Å². The normalized spacial score (nSPS) is 11.6. The molecule has 240 valence electrons. The zero-order valence-electron chi connectivity index (χ0n) is 30.4. The third-order valence-corrected chi connectivity index (χ3v) is 9.30. The van der Waals surface area contributed by atoms with Crippen molar-refractivity contribution in [3.8, 4) is 0 Å². The van der Waals surface area contributed by atoms with Crippen LogP contribution in [0.4, 0.5) is 0 Å². The highest BCUT2D eigenvalue weighted by molar-refractivity contribution is 5.84. The number of rotatable bonds is 3. The van der Waals surface area contributed by atoms with Crippen molar-refractivity contribution in [3.05, 3.63) is 87.0 Å². The first-order chi connectivity index (χ1) is 21.0. The van der Waals surface area contributed by atoms with Crippen molar-refractivity contribution in [2.45, 2.75) is 101 Å². The molecule has 6 nitrogen and oxygen atoms in total. The van der Waals surface area contributed by atoms with Crippen LogP contribution >= 0.6 is 0 Å². The maximum absolute atomic E-state index is 4.56. The third kappa shape index (κ3) is 6.85. The second-order valence-electron chi connectivity index (χ2n) is 13.7. The van der Waals surface area contributed by atoms with Gasteiger partial charge in [0.1, 0.15) is 5.82 Å². The number of nitrogens with zero attached hydrogens (tertiary/aromatic N) is 6. The Morgan fingerprint density at radius 3 is 1.56 bits per heavy atom. The Morgan fingerprint density at radius 1 is 0.511 bits per heavy atom. The van der Waals surface area contributed by atoms with Crippen LogP contribution in [-0.4, -0.2) is 29.1 Å². The molecule has 0 saturated heterocycles. The van der Waals surface area contributed by atoms with Gasteiger partial charge in [-0.2, -0.15) is 10.2 Å². The minimum atomic E-state index is 0.566. The van der Waals surface area contributed by atoms with Crippen molar-refractivity contribution in [1.29, 1.82) is 0 Å². The maximum atomic E-state index is 4.56. The highest BCUT2D eigenvalue weighted by atomic mass is 15.3. The summed E-state index contributed by atoms with van der Waals surface area (Å²) in [6, 6.07) is 13.5. The highest BCUT2D eigenvalue weighted by Crippen LogP contribution is 2.28. The van der Waals surface area contributed by atoms with Crippen LogP contribution in [0.1, 0.15) is 110 Å². The zero-order chi connectivity index (χ0) is 33.5. The second-order valence-corrected chi connectivity index (χ2v) is 13.7. The van der Waals surface area contributed by atoms with Crippen LogP contribution in [0.15, 0.2) is 36.4 Å². The van der Waals surface area contributed by atoms with Crippen molar-refractivity contribution >= 4 is 32.8 Å². The van der Waals surface area contributed by atoms with E-state index in [4.69, 9.17) is 0 Å². The first-order valence-corrected chi connectivity index (χ1v) is 16.3. The molecule has 3 heterocycles. The Kier molecular flexibility index (Phi) is 9.96. The molecule has 0 unspecified atom stereocenters. The predicted molar refractivity (Wildman–Crippen MR) is 193 cm³/mol. The summed E-state index contributed by atoms with van der Waals surface area (Å²) >= 11 is 0. The van der Waals surface area contributed by atoms with Gasteiger partial charge in [0, 0.05) is 37.6 Å². The van der Waals surface area contributed by atoms with E-state index in [0.717, 1.165) is 22.6 Å². The number of aryl methyl sites for hydroxylation is 9. The smallest absolute Gasteiger partial charge is 0.106 e. The van der Waals surface area contributed by atoms with Crippen LogP contribution < -0.4 is 0 Å². The summed E-state index contributed by atoms with van der Waals surface area (Å²) in [4.78, 5) is 4.56. The number of imidazole rings is 1. The molecule has 0 aliphatic carbocycles. The molecule has 0 fully saturated rings. The summed E-state index contributed by atoms with van der Waals surface area (Å²) in [5.74, 6) is 2.78. The monoisotopic (exact) mass is 606 g/mol. The summed E-state index contributed by atoms with van der Waals surface area (Å²) in [6.45, 7) is 26.1. The first-order valence-electron chi connectivity index (χ1n) is 16.3. The molecule has 6 aromatic rings. The van der Waals surface area contributed by atoms with E-state index in [1.54, 1.807) is 0 Å². The molecule has 3 aromatic carbocycles. The number of benzene rings is 3. The van der Waals surface area contributed by atoms with E-state index >= 15 is 0 Å². The van der Waals surface area contributed by atoms with Gasteiger partial charge in [0.2, 0.25) is 0 Å². The minimum Gasteiger partial charge on any atom is -0.331 e. The average Bonchev–Trinajstić information content (AvgIpc) is 3.51. The molecule has 0 aliphatic heterocycles. The van der Waals surface area contributed by atoms with Gasteiger partial charge in [0.15, 0.2) is 0 Å². The van der Waals surface area contributed by atoms with Crippen LogP contribution in [0.5, 0.6) is 0 Å². The molecule has 0 spiro atoms. The Balaban J connectivity index is 0.000000154. The molecule has 0 saturated carbocycles. The largest absolute Gasteiger partial charge is 0.331 e. The van der Waals surface area contributed by atoms with Crippen molar-refractivity contribution in [2.24, 2.45) is 21.1 Å². The molecule has 6 heteroatoms. The summed E-state index contributed by atoms with van der Waals surface area (Å²) in [5.41, 5.74) is 15.4. The van der Waals surface area contributed by atoms with Crippen LogP contribution in [0.3, 0.4) is 0 Å². The molecule has 6 rings (SSSR count). The molecule has 0 aliphatic rings. The molecule has 0 atom stereocenters. The zero-order valence-corrected chi connectivity index (χ0v) is 30.4. The fourth-order valence-electron chi connectivity index (χ4n) is 6.44. The molecule has 3 aromatic heterocycles. The lowest BCUT2D eigenvalue weighted by Crippen LogP contribution is -1.94. The Hall–Kier alpha value is -3.93. The van der Waals surface area contributed by atoms with Crippen molar-refractivity contribution in [3.63, 3.8) is 0 Å². The fraction of sp³-hybridized carbons (Fsp3) is 0.462. The average molecular weight is 607 g/mol. The molecule has 0 N–H and O–H groups in total. The quantitative estimate of drug-likeness (QED) is 0.201. The second kappa shape index (κ2) is 13.2. The minimum absolute atomic E-state index is 0.566. The van der Waals surface area contributed by atoms with Gasteiger partial charge in [-0.3, -0.25) is 9.36 Å². The molecule has 0 radical (unpaired) electrons. The van der Waals surface area contributed by atoms with Gasteiger partial charge in [0.05, 0.1) is 27.8 Å². The van der Waals surface area contributed by atoms with Crippen LogP contribution in [-0.2, 0) is 21.1 Å². The summed E-state index contributed by atoms with van der Waals surface area (Å²) in [6.07, 6.45) is 0. The fourth-order valence-corrected chi connectivity index (χ4v) is 6.44. The van der Waals surface area contributed by atoms with E-state index in [1.165, 1.54) is 60.9 Å². The van der Waals surface area contributed by atoms with Gasteiger partial charge in [0.25, 0.3) is 0 Å². The molecule has 0 bridgehead atoms. The van der Waals surface area contributed by atoms with Crippen molar-refractivity contribution in [2.75, 3.05) is 0 Å². The van der Waals surface area contributed by atoms with Gasteiger partial charge in [-0.25, -0.2) is 4.98 Å². The first kappa shape index (κ1) is 34.0. The predicted octanol–water partition coefficient (Wildman–Crippen LogP) is 9.94. The summed E-state index contributed by atoms with van der Waals surface area (Å²) < 4.78 is 6.07. The van der Waals surface area contributed by atoms with Crippen molar-refractivity contribution < 1.29 is 0 Å². The van der Waals surface area contributed by atoms with Gasteiger partial charge in [-0.1, -0.05) is 41.5 Å². The number of hydrogen-bond donors (Lipinski definition) is 0. The van der Waals surface area contributed by atoms with E-state index in [1.807, 2.05) is 30.4 Å². The Morgan fingerprint density at radius 2 is 1.00 bits per heavy atom. The van der Waals surface area contributed by atoms with E-state index < -0.39 is 0 Å². The number of aromatic nitrogens is 6. The van der Waals surface area contributed by atoms with Crippen molar-refractivity contribution in [1.82, 2.24) is 29.1 Å². The molecular weight excluding hydrogens is 552 g/mol. The lowest BCUT2D eigenvalue weighted by atomic mass is 9.96. The Bertz CT molecular complexity index is 1870. The van der Waals surface area contributed by atoms with E-state index in [-0.39, 0.29) is 0 Å².